The number of methoxy groups -OCH3 is 1. The molecule has 0 saturated carbocycles. The molecule has 0 aliphatic heterocycles. The number of aromatic nitrogens is 3. The summed E-state index contributed by atoms with van der Waals surface area (Å²) in [7, 11) is 1.55. The Morgan fingerprint density at radius 3 is 2.63 bits per heavy atom. The minimum atomic E-state index is -0.776. The molecule has 2 heterocycles. The van der Waals surface area contributed by atoms with Gasteiger partial charge in [-0.1, -0.05) is 23.7 Å². The summed E-state index contributed by atoms with van der Waals surface area (Å²) in [6, 6.07) is 14.4. The lowest BCUT2D eigenvalue weighted by molar-refractivity contribution is -0.112. The maximum Gasteiger partial charge on any atom is 0.298 e. The first-order chi connectivity index (χ1) is 14.5. The van der Waals surface area contributed by atoms with E-state index in [1.165, 1.54) is 18.6 Å². The van der Waals surface area contributed by atoms with Crippen molar-refractivity contribution >= 4 is 40.0 Å². The third-order valence-corrected chi connectivity index (χ3v) is 4.88. The van der Waals surface area contributed by atoms with Gasteiger partial charge < -0.3 is 14.6 Å². The summed E-state index contributed by atoms with van der Waals surface area (Å²) >= 11 is 5.97. The van der Waals surface area contributed by atoms with Crippen molar-refractivity contribution in [3.8, 4) is 5.75 Å². The Kier molecular flexibility index (Phi) is 5.45. The average molecular weight is 421 g/mol. The number of nitrogens with one attached hydrogen (secondary N) is 1. The Bertz CT molecular complexity index is 1220. The molecule has 0 radical (unpaired) electrons. The van der Waals surface area contributed by atoms with Crippen molar-refractivity contribution in [2.45, 2.75) is 6.54 Å². The van der Waals surface area contributed by atoms with Crippen LogP contribution in [-0.4, -0.2) is 33.3 Å². The van der Waals surface area contributed by atoms with Gasteiger partial charge in [0, 0.05) is 34.9 Å². The Morgan fingerprint density at radius 2 is 1.93 bits per heavy atom. The van der Waals surface area contributed by atoms with Gasteiger partial charge in [0.1, 0.15) is 17.9 Å². The first-order valence-corrected chi connectivity index (χ1v) is 9.46. The van der Waals surface area contributed by atoms with Crippen LogP contribution in [0.5, 0.6) is 5.75 Å². The smallest absolute Gasteiger partial charge is 0.298 e. The van der Waals surface area contributed by atoms with Gasteiger partial charge in [-0.3, -0.25) is 9.59 Å². The molecule has 0 aliphatic carbocycles. The molecule has 7 nitrogen and oxygen atoms in total. The molecular formula is C22H17ClN4O3. The molecule has 0 unspecified atom stereocenters. The van der Waals surface area contributed by atoms with E-state index >= 15 is 0 Å². The quantitative estimate of drug-likeness (QED) is 0.377. The second-order valence-electron chi connectivity index (χ2n) is 6.56. The van der Waals surface area contributed by atoms with Crippen LogP contribution in [0.1, 0.15) is 15.9 Å². The Balaban J connectivity index is 1.71. The first kappa shape index (κ1) is 19.6. The van der Waals surface area contributed by atoms with Gasteiger partial charge in [0.05, 0.1) is 12.7 Å². The van der Waals surface area contributed by atoms with Crippen LogP contribution in [0.2, 0.25) is 5.02 Å². The van der Waals surface area contributed by atoms with Crippen LogP contribution in [0.15, 0.2) is 67.3 Å². The molecule has 2 aromatic heterocycles. The lowest BCUT2D eigenvalue weighted by Crippen LogP contribution is -2.23. The zero-order valence-corrected chi connectivity index (χ0v) is 16.8. The topological polar surface area (TPSA) is 86.1 Å². The van der Waals surface area contributed by atoms with Crippen molar-refractivity contribution in [2.75, 3.05) is 12.4 Å². The van der Waals surface area contributed by atoms with E-state index < -0.39 is 11.7 Å². The van der Waals surface area contributed by atoms with Crippen molar-refractivity contribution in [1.29, 1.82) is 0 Å². The summed E-state index contributed by atoms with van der Waals surface area (Å²) in [4.78, 5) is 33.2. The van der Waals surface area contributed by atoms with E-state index in [-0.39, 0.29) is 11.4 Å². The number of hydrogen-bond acceptors (Lipinski definition) is 5. The van der Waals surface area contributed by atoms with Crippen LogP contribution in [0, 0.1) is 0 Å². The van der Waals surface area contributed by atoms with E-state index in [1.54, 1.807) is 19.4 Å². The summed E-state index contributed by atoms with van der Waals surface area (Å²) in [5.74, 6) is -0.591. The molecular weight excluding hydrogens is 404 g/mol. The summed E-state index contributed by atoms with van der Waals surface area (Å²) in [6.45, 7) is 0.515. The number of benzene rings is 2. The molecule has 2 aromatic carbocycles. The van der Waals surface area contributed by atoms with Crippen molar-refractivity contribution < 1.29 is 14.3 Å². The van der Waals surface area contributed by atoms with Gasteiger partial charge in [-0.15, -0.1) is 0 Å². The van der Waals surface area contributed by atoms with Gasteiger partial charge in [0.15, 0.2) is 0 Å². The number of amides is 1. The van der Waals surface area contributed by atoms with E-state index in [0.29, 0.717) is 22.7 Å². The summed E-state index contributed by atoms with van der Waals surface area (Å²) in [5.41, 5.74) is 2.10. The lowest BCUT2D eigenvalue weighted by atomic mass is 10.1. The molecule has 30 heavy (non-hydrogen) atoms. The highest BCUT2D eigenvalue weighted by Crippen LogP contribution is 2.27. The predicted molar refractivity (Wildman–Crippen MR) is 114 cm³/mol. The van der Waals surface area contributed by atoms with E-state index in [0.717, 1.165) is 11.1 Å². The van der Waals surface area contributed by atoms with Crippen molar-refractivity contribution in [2.24, 2.45) is 0 Å². The number of ether oxygens (including phenoxy) is 1. The number of hydrogen-bond donors (Lipinski definition) is 1. The fraction of sp³-hybridized carbons (Fsp3) is 0.0909. The van der Waals surface area contributed by atoms with Crippen LogP contribution >= 0.6 is 11.6 Å². The number of fused-ring (bicyclic) bond motifs is 1. The van der Waals surface area contributed by atoms with Crippen LogP contribution < -0.4 is 10.1 Å². The molecule has 1 N–H and O–H groups in total. The fourth-order valence-corrected chi connectivity index (χ4v) is 3.29. The van der Waals surface area contributed by atoms with Crippen LogP contribution in [0.3, 0.4) is 0 Å². The van der Waals surface area contributed by atoms with Gasteiger partial charge in [0.2, 0.25) is 0 Å². The molecule has 8 heteroatoms. The van der Waals surface area contributed by atoms with Crippen molar-refractivity contribution in [3.63, 3.8) is 0 Å². The van der Waals surface area contributed by atoms with E-state index in [2.05, 4.69) is 15.3 Å². The number of ketones is 1. The van der Waals surface area contributed by atoms with E-state index in [1.807, 2.05) is 41.0 Å². The summed E-state index contributed by atoms with van der Waals surface area (Å²) in [6.07, 6.45) is 4.46. The average Bonchev–Trinajstić information content (AvgIpc) is 3.13. The second-order valence-corrected chi connectivity index (χ2v) is 6.99. The summed E-state index contributed by atoms with van der Waals surface area (Å²) in [5, 5.41) is 3.79. The van der Waals surface area contributed by atoms with Crippen molar-refractivity contribution in [3.05, 3.63) is 83.4 Å². The second kappa shape index (κ2) is 8.34. The molecule has 150 valence electrons. The Morgan fingerprint density at radius 1 is 1.13 bits per heavy atom. The number of halogens is 1. The fourth-order valence-electron chi connectivity index (χ4n) is 3.16. The maximum absolute atomic E-state index is 12.9. The first-order valence-electron chi connectivity index (χ1n) is 9.08. The van der Waals surface area contributed by atoms with E-state index in [9.17, 15) is 9.59 Å². The highest BCUT2D eigenvalue weighted by Gasteiger charge is 2.22. The Labute approximate surface area is 177 Å². The molecule has 0 aliphatic rings. The normalized spacial score (nSPS) is 10.7. The zero-order chi connectivity index (χ0) is 21.1. The molecule has 4 aromatic rings. The molecule has 0 atom stereocenters. The van der Waals surface area contributed by atoms with Crippen molar-refractivity contribution in [1.82, 2.24) is 14.5 Å². The minimum absolute atomic E-state index is 0.255. The number of Topliss-reactive ketones (excluding diaryl/α,β-unsaturated/α-hetero) is 1. The number of rotatable bonds is 6. The van der Waals surface area contributed by atoms with Gasteiger partial charge in [-0.2, -0.15) is 0 Å². The van der Waals surface area contributed by atoms with Crippen LogP contribution in [-0.2, 0) is 11.3 Å². The molecule has 0 bridgehead atoms. The number of carbonyl (C=O) groups is 2. The SMILES string of the molecule is COc1ccc2c(c1)c(C(=O)C(=O)Nc1ccncn1)cn2Cc1ccc(Cl)cc1. The molecule has 4 rings (SSSR count). The van der Waals surface area contributed by atoms with Crippen LogP contribution in [0.25, 0.3) is 10.9 Å². The number of carbonyl (C=O) groups excluding carboxylic acids is 2. The van der Waals surface area contributed by atoms with Gasteiger partial charge in [0.25, 0.3) is 11.7 Å². The third kappa shape index (κ3) is 4.01. The molecule has 0 spiro atoms. The van der Waals surface area contributed by atoms with Gasteiger partial charge >= 0.3 is 0 Å². The highest BCUT2D eigenvalue weighted by molar-refractivity contribution is 6.48. The van der Waals surface area contributed by atoms with Gasteiger partial charge in [-0.25, -0.2) is 9.97 Å². The highest BCUT2D eigenvalue weighted by atomic mass is 35.5. The van der Waals surface area contributed by atoms with Crippen LogP contribution in [0.4, 0.5) is 5.82 Å². The Hall–Kier alpha value is -3.71. The summed E-state index contributed by atoms with van der Waals surface area (Å²) < 4.78 is 7.22. The molecule has 0 fully saturated rings. The number of anilines is 1. The number of nitrogens with zero attached hydrogens (tertiary/aromatic N) is 3. The minimum Gasteiger partial charge on any atom is -0.497 e. The third-order valence-electron chi connectivity index (χ3n) is 4.63. The predicted octanol–water partition coefficient (Wildman–Crippen LogP) is 3.96. The zero-order valence-electron chi connectivity index (χ0n) is 16.0. The monoisotopic (exact) mass is 420 g/mol. The van der Waals surface area contributed by atoms with E-state index in [4.69, 9.17) is 16.3 Å². The standard InChI is InChI=1S/C22H17ClN4O3/c1-30-16-6-7-19-17(10-16)18(12-27(19)11-14-2-4-15(23)5-3-14)21(28)22(29)26-20-8-9-24-13-25-20/h2-10,12-13H,11H2,1H3,(H,24,25,26,29). The maximum atomic E-state index is 12.9. The van der Waals surface area contributed by atoms with Gasteiger partial charge in [-0.05, 0) is 42.0 Å². The molecule has 0 saturated heterocycles. The molecule has 1 amide bonds. The lowest BCUT2D eigenvalue weighted by Gasteiger charge is -2.06. The largest absolute Gasteiger partial charge is 0.497 e.